The van der Waals surface area contributed by atoms with Crippen molar-refractivity contribution in [2.24, 2.45) is 5.92 Å². The fourth-order valence-electron chi connectivity index (χ4n) is 4.08. The maximum Gasteiger partial charge on any atom is 0.336 e. The summed E-state index contributed by atoms with van der Waals surface area (Å²) in [5.74, 6) is 0.308. The van der Waals surface area contributed by atoms with Gasteiger partial charge in [0.1, 0.15) is 12.2 Å². The molecule has 126 valence electrons. The third kappa shape index (κ3) is 3.10. The molecule has 0 radical (unpaired) electrons. The summed E-state index contributed by atoms with van der Waals surface area (Å²) in [6.07, 6.45) is 8.41. The van der Waals surface area contributed by atoms with Crippen molar-refractivity contribution in [3.8, 4) is 0 Å². The number of aryl methyl sites for hydroxylation is 2. The van der Waals surface area contributed by atoms with E-state index in [0.717, 1.165) is 43.1 Å². The van der Waals surface area contributed by atoms with Crippen LogP contribution in [0.5, 0.6) is 0 Å². The number of ether oxygens (including phenoxy) is 1. The Labute approximate surface area is 140 Å². The van der Waals surface area contributed by atoms with Crippen LogP contribution in [0.2, 0.25) is 0 Å². The molecule has 1 fully saturated rings. The molecule has 0 atom stereocenters. The highest BCUT2D eigenvalue weighted by Gasteiger charge is 2.20. The lowest BCUT2D eigenvalue weighted by Crippen LogP contribution is -2.11. The third-order valence-electron chi connectivity index (χ3n) is 5.36. The molecule has 4 heteroatoms. The van der Waals surface area contributed by atoms with Crippen molar-refractivity contribution in [2.75, 3.05) is 0 Å². The fraction of sp³-hybridized carbons (Fsp3) is 0.500. The Hall–Kier alpha value is -2.10. The summed E-state index contributed by atoms with van der Waals surface area (Å²) < 4.78 is 10.8. The lowest BCUT2D eigenvalue weighted by atomic mass is 10.0. The molecule has 4 rings (SSSR count). The summed E-state index contributed by atoms with van der Waals surface area (Å²) in [6, 6.07) is 5.52. The first kappa shape index (κ1) is 15.4. The van der Waals surface area contributed by atoms with Crippen LogP contribution in [0.4, 0.5) is 0 Å². The van der Waals surface area contributed by atoms with E-state index in [4.69, 9.17) is 9.15 Å². The first-order valence-corrected chi connectivity index (χ1v) is 8.93. The molecule has 1 aromatic carbocycles. The van der Waals surface area contributed by atoms with E-state index in [2.05, 4.69) is 6.07 Å². The number of hydrogen-bond donors (Lipinski definition) is 0. The molecule has 0 saturated heterocycles. The largest absolute Gasteiger partial charge is 0.461 e. The van der Waals surface area contributed by atoms with Crippen LogP contribution < -0.4 is 5.63 Å². The van der Waals surface area contributed by atoms with Gasteiger partial charge in [-0.05, 0) is 61.3 Å². The molecule has 4 nitrogen and oxygen atoms in total. The zero-order valence-electron chi connectivity index (χ0n) is 13.8. The number of carbonyl (C=O) groups is 1. The topological polar surface area (TPSA) is 56.5 Å². The molecule has 2 aliphatic carbocycles. The molecule has 0 amide bonds. The lowest BCUT2D eigenvalue weighted by Gasteiger charge is -2.11. The highest BCUT2D eigenvalue weighted by Crippen LogP contribution is 2.30. The number of benzene rings is 1. The predicted octanol–water partition coefficient (Wildman–Crippen LogP) is 3.91. The van der Waals surface area contributed by atoms with Gasteiger partial charge in [0.25, 0.3) is 0 Å². The Morgan fingerprint density at radius 3 is 2.62 bits per heavy atom. The van der Waals surface area contributed by atoms with Crippen molar-refractivity contribution in [3.05, 3.63) is 45.3 Å². The molecule has 0 bridgehead atoms. The maximum atomic E-state index is 12.1. The van der Waals surface area contributed by atoms with Crippen LogP contribution in [0.25, 0.3) is 11.0 Å². The highest BCUT2D eigenvalue weighted by atomic mass is 16.5. The quantitative estimate of drug-likeness (QED) is 0.631. The van der Waals surface area contributed by atoms with Crippen LogP contribution in [0.3, 0.4) is 0 Å². The minimum absolute atomic E-state index is 0.145. The Bertz CT molecular complexity index is 827. The predicted molar refractivity (Wildman–Crippen MR) is 90.9 cm³/mol. The molecule has 0 N–H and O–H groups in total. The minimum Gasteiger partial charge on any atom is -0.461 e. The van der Waals surface area contributed by atoms with Gasteiger partial charge >= 0.3 is 11.6 Å². The molecule has 0 spiro atoms. The second-order valence-electron chi connectivity index (χ2n) is 7.08. The standard InChI is InChI=1S/C20H22O4/c21-19(8-13-4-1-2-5-13)23-12-16-11-20(22)24-18-10-15-7-3-6-14(15)9-17(16)18/h9-11,13H,1-8,12H2. The van der Waals surface area contributed by atoms with Gasteiger partial charge < -0.3 is 9.15 Å². The first-order valence-electron chi connectivity index (χ1n) is 8.93. The van der Waals surface area contributed by atoms with Crippen LogP contribution in [-0.4, -0.2) is 5.97 Å². The van der Waals surface area contributed by atoms with E-state index in [1.54, 1.807) is 0 Å². The van der Waals surface area contributed by atoms with E-state index >= 15 is 0 Å². The first-order chi connectivity index (χ1) is 11.7. The monoisotopic (exact) mass is 326 g/mol. The van der Waals surface area contributed by atoms with E-state index in [0.29, 0.717) is 17.9 Å². The fourth-order valence-corrected chi connectivity index (χ4v) is 4.08. The van der Waals surface area contributed by atoms with E-state index < -0.39 is 0 Å². The minimum atomic E-state index is -0.387. The van der Waals surface area contributed by atoms with Gasteiger partial charge in [0.15, 0.2) is 0 Å². The third-order valence-corrected chi connectivity index (χ3v) is 5.36. The van der Waals surface area contributed by atoms with E-state index in [-0.39, 0.29) is 18.2 Å². The van der Waals surface area contributed by atoms with Crippen molar-refractivity contribution in [3.63, 3.8) is 0 Å². The van der Waals surface area contributed by atoms with Crippen LogP contribution in [-0.2, 0) is 29.0 Å². The maximum absolute atomic E-state index is 12.1. The SMILES string of the molecule is O=C(CC1CCCC1)OCc1cc(=O)oc2cc3c(cc12)CCC3. The second-order valence-corrected chi connectivity index (χ2v) is 7.08. The highest BCUT2D eigenvalue weighted by molar-refractivity contribution is 5.82. The molecule has 0 aliphatic heterocycles. The number of hydrogen-bond acceptors (Lipinski definition) is 4. The van der Waals surface area contributed by atoms with Gasteiger partial charge in [-0.25, -0.2) is 4.79 Å². The molecule has 24 heavy (non-hydrogen) atoms. The van der Waals surface area contributed by atoms with Gasteiger partial charge in [0.05, 0.1) is 0 Å². The van der Waals surface area contributed by atoms with E-state index in [9.17, 15) is 9.59 Å². The number of fused-ring (bicyclic) bond motifs is 2. The summed E-state index contributed by atoms with van der Waals surface area (Å²) in [6.45, 7) is 0.145. The Morgan fingerprint density at radius 1 is 1.08 bits per heavy atom. The van der Waals surface area contributed by atoms with Gasteiger partial charge in [-0.15, -0.1) is 0 Å². The van der Waals surface area contributed by atoms with Crippen molar-refractivity contribution in [1.29, 1.82) is 0 Å². The Kier molecular flexibility index (Phi) is 4.13. The summed E-state index contributed by atoms with van der Waals surface area (Å²) in [5, 5.41) is 0.893. The van der Waals surface area contributed by atoms with E-state index in [1.807, 2.05) is 6.07 Å². The molecule has 1 saturated carbocycles. The summed E-state index contributed by atoms with van der Waals surface area (Å²) >= 11 is 0. The van der Waals surface area contributed by atoms with Crippen LogP contribution in [0.1, 0.15) is 55.2 Å². The molecule has 0 unspecified atom stereocenters. The smallest absolute Gasteiger partial charge is 0.336 e. The van der Waals surface area contributed by atoms with Gasteiger partial charge in [0.2, 0.25) is 0 Å². The summed E-state index contributed by atoms with van der Waals surface area (Å²) in [5.41, 5.74) is 3.54. The van der Waals surface area contributed by atoms with Crippen molar-refractivity contribution in [2.45, 2.75) is 58.0 Å². The average Bonchev–Trinajstić information content (AvgIpc) is 3.21. The molecule has 1 aromatic heterocycles. The van der Waals surface area contributed by atoms with Gasteiger partial charge in [-0.3, -0.25) is 4.79 Å². The molecule has 2 aliphatic rings. The molecular weight excluding hydrogens is 304 g/mol. The van der Waals surface area contributed by atoms with Gasteiger partial charge in [0, 0.05) is 23.4 Å². The number of rotatable bonds is 4. The number of esters is 1. The van der Waals surface area contributed by atoms with Gasteiger partial charge in [-0.2, -0.15) is 0 Å². The average molecular weight is 326 g/mol. The zero-order chi connectivity index (χ0) is 16.5. The van der Waals surface area contributed by atoms with E-state index in [1.165, 1.54) is 30.0 Å². The van der Waals surface area contributed by atoms with Crippen LogP contribution in [0, 0.1) is 5.92 Å². The Balaban J connectivity index is 1.54. The second kappa shape index (κ2) is 6.42. The zero-order valence-corrected chi connectivity index (χ0v) is 13.8. The van der Waals surface area contributed by atoms with Crippen LogP contribution >= 0.6 is 0 Å². The summed E-state index contributed by atoms with van der Waals surface area (Å²) in [7, 11) is 0. The van der Waals surface area contributed by atoms with Crippen LogP contribution in [0.15, 0.2) is 27.4 Å². The van der Waals surface area contributed by atoms with Gasteiger partial charge in [-0.1, -0.05) is 12.8 Å². The lowest BCUT2D eigenvalue weighted by molar-refractivity contribution is -0.146. The Morgan fingerprint density at radius 2 is 1.83 bits per heavy atom. The number of carbonyl (C=O) groups excluding carboxylic acids is 1. The molecule has 2 aromatic rings. The molecular formula is C20H22O4. The van der Waals surface area contributed by atoms with Crippen molar-refractivity contribution >= 4 is 16.9 Å². The van der Waals surface area contributed by atoms with Crippen molar-refractivity contribution in [1.82, 2.24) is 0 Å². The van der Waals surface area contributed by atoms with Crippen molar-refractivity contribution < 1.29 is 13.9 Å². The molecule has 1 heterocycles. The normalized spacial score (nSPS) is 17.3. The summed E-state index contributed by atoms with van der Waals surface area (Å²) in [4.78, 5) is 23.9.